The molecule has 0 saturated carbocycles. The van der Waals surface area contributed by atoms with Crippen molar-refractivity contribution in [3.8, 4) is 0 Å². The molecule has 0 saturated heterocycles. The highest BCUT2D eigenvalue weighted by Crippen LogP contribution is 2.02. The van der Waals surface area contributed by atoms with E-state index in [1.807, 2.05) is 13.8 Å². The molecule has 1 heterocycles. The third-order valence-electron chi connectivity index (χ3n) is 3.34. The summed E-state index contributed by atoms with van der Waals surface area (Å²) >= 11 is 0. The summed E-state index contributed by atoms with van der Waals surface area (Å²) in [5, 5.41) is 0. The summed E-state index contributed by atoms with van der Waals surface area (Å²) in [5.74, 6) is 0.140. The minimum absolute atomic E-state index is 0.188. The Labute approximate surface area is 135 Å². The minimum atomic E-state index is -0.426. The van der Waals surface area contributed by atoms with Gasteiger partial charge in [-0.05, 0) is 12.0 Å². The van der Waals surface area contributed by atoms with Crippen LogP contribution in [0, 0.1) is 5.92 Å². The summed E-state index contributed by atoms with van der Waals surface area (Å²) in [7, 11) is 4.56. The topological polar surface area (TPSA) is 73.5 Å². The average Bonchev–Trinajstić information content (AvgIpc) is 2.50. The lowest BCUT2D eigenvalue weighted by atomic mass is 10.2. The average molecular weight is 323 g/mol. The molecule has 0 aliphatic heterocycles. The van der Waals surface area contributed by atoms with Gasteiger partial charge in [-0.25, -0.2) is 4.79 Å². The van der Waals surface area contributed by atoms with Gasteiger partial charge in [-0.2, -0.15) is 0 Å². The normalized spacial score (nSPS) is 11.4. The van der Waals surface area contributed by atoms with Crippen molar-refractivity contribution in [2.45, 2.75) is 13.8 Å². The monoisotopic (exact) mass is 323 g/mol. The van der Waals surface area contributed by atoms with Crippen molar-refractivity contribution >= 4 is 12.0 Å². The molecular weight excluding hydrogens is 298 g/mol. The van der Waals surface area contributed by atoms with Crippen LogP contribution < -0.4 is 11.2 Å². The van der Waals surface area contributed by atoms with Crippen LogP contribution in [-0.4, -0.2) is 46.7 Å². The molecule has 0 unspecified atom stereocenters. The third-order valence-corrected chi connectivity index (χ3v) is 3.34. The second-order valence-corrected chi connectivity index (χ2v) is 5.85. The molecule has 0 bridgehead atoms. The minimum Gasteiger partial charge on any atom is -0.383 e. The van der Waals surface area contributed by atoms with Gasteiger partial charge in [0.05, 0.1) is 12.2 Å². The van der Waals surface area contributed by atoms with E-state index < -0.39 is 11.2 Å². The summed E-state index contributed by atoms with van der Waals surface area (Å²) in [5.41, 5.74) is -0.538. The Morgan fingerprint density at radius 2 is 2.00 bits per heavy atom. The van der Waals surface area contributed by atoms with Gasteiger partial charge < -0.3 is 14.2 Å². The van der Waals surface area contributed by atoms with Gasteiger partial charge in [0.25, 0.3) is 5.56 Å². The van der Waals surface area contributed by atoms with Crippen LogP contribution in [0.15, 0.2) is 21.9 Å². The summed E-state index contributed by atoms with van der Waals surface area (Å²) in [6.07, 6.45) is 4.24. The van der Waals surface area contributed by atoms with Gasteiger partial charge in [0.2, 0.25) is 5.91 Å². The molecule has 1 aromatic rings. The molecule has 0 spiro atoms. The zero-order valence-electron chi connectivity index (χ0n) is 14.4. The maximum Gasteiger partial charge on any atom is 0.330 e. The molecule has 0 aliphatic rings. The Morgan fingerprint density at radius 3 is 2.57 bits per heavy atom. The van der Waals surface area contributed by atoms with Gasteiger partial charge in [-0.3, -0.25) is 14.2 Å². The Bertz CT molecular complexity index is 686. The van der Waals surface area contributed by atoms with E-state index in [1.165, 1.54) is 30.0 Å². The van der Waals surface area contributed by atoms with E-state index in [0.29, 0.717) is 31.2 Å². The first-order valence-electron chi connectivity index (χ1n) is 7.50. The fourth-order valence-corrected chi connectivity index (χ4v) is 2.15. The highest BCUT2D eigenvalue weighted by Gasteiger charge is 2.12. The van der Waals surface area contributed by atoms with Crippen molar-refractivity contribution in [2.75, 3.05) is 26.8 Å². The Balaban J connectivity index is 3.00. The second kappa shape index (κ2) is 8.47. The first kappa shape index (κ1) is 18.9. The number of aryl methyl sites for hydroxylation is 1. The van der Waals surface area contributed by atoms with E-state index in [-0.39, 0.29) is 5.91 Å². The third kappa shape index (κ3) is 5.21. The van der Waals surface area contributed by atoms with Crippen molar-refractivity contribution in [1.82, 2.24) is 14.0 Å². The number of ether oxygens (including phenoxy) is 1. The summed E-state index contributed by atoms with van der Waals surface area (Å²) in [4.78, 5) is 37.7. The van der Waals surface area contributed by atoms with E-state index in [4.69, 9.17) is 4.74 Å². The van der Waals surface area contributed by atoms with Crippen LogP contribution >= 0.6 is 0 Å². The number of carbonyl (C=O) groups is 1. The van der Waals surface area contributed by atoms with Crippen molar-refractivity contribution < 1.29 is 9.53 Å². The number of aromatic nitrogens is 2. The van der Waals surface area contributed by atoms with Crippen LogP contribution in [-0.2, 0) is 23.6 Å². The van der Waals surface area contributed by atoms with Crippen molar-refractivity contribution in [2.24, 2.45) is 20.0 Å². The van der Waals surface area contributed by atoms with E-state index in [0.717, 1.165) is 4.57 Å². The van der Waals surface area contributed by atoms with Crippen LogP contribution in [0.2, 0.25) is 0 Å². The van der Waals surface area contributed by atoms with Gasteiger partial charge >= 0.3 is 5.69 Å². The molecule has 0 aliphatic carbocycles. The maximum atomic E-state index is 12.3. The number of nitrogens with zero attached hydrogens (tertiary/aromatic N) is 3. The molecule has 0 N–H and O–H groups in total. The largest absolute Gasteiger partial charge is 0.383 e. The molecule has 7 nitrogen and oxygen atoms in total. The molecule has 1 amide bonds. The molecule has 0 aromatic carbocycles. The number of carbonyl (C=O) groups excluding carboxylic acids is 1. The smallest absolute Gasteiger partial charge is 0.330 e. The van der Waals surface area contributed by atoms with Crippen LogP contribution in [0.25, 0.3) is 6.08 Å². The SMILES string of the molecule is COCCN(CC(C)C)C(=O)C=Cc1cn(C)c(=O)n(C)c1=O. The van der Waals surface area contributed by atoms with E-state index >= 15 is 0 Å². The molecular formula is C16H25N3O4. The fraction of sp³-hybridized carbons (Fsp3) is 0.562. The zero-order chi connectivity index (χ0) is 17.6. The maximum absolute atomic E-state index is 12.3. The van der Waals surface area contributed by atoms with Crippen LogP contribution in [0.5, 0.6) is 0 Å². The fourth-order valence-electron chi connectivity index (χ4n) is 2.15. The van der Waals surface area contributed by atoms with Gasteiger partial charge in [0, 0.05) is 46.6 Å². The predicted molar refractivity (Wildman–Crippen MR) is 89.3 cm³/mol. The molecule has 0 atom stereocenters. The van der Waals surface area contributed by atoms with Gasteiger partial charge in [-0.15, -0.1) is 0 Å². The van der Waals surface area contributed by atoms with E-state index in [2.05, 4.69) is 0 Å². The second-order valence-electron chi connectivity index (χ2n) is 5.85. The van der Waals surface area contributed by atoms with Gasteiger partial charge in [0.15, 0.2) is 0 Å². The zero-order valence-corrected chi connectivity index (χ0v) is 14.4. The number of hydrogen-bond donors (Lipinski definition) is 0. The van der Waals surface area contributed by atoms with Gasteiger partial charge in [-0.1, -0.05) is 13.8 Å². The highest BCUT2D eigenvalue weighted by atomic mass is 16.5. The van der Waals surface area contributed by atoms with Gasteiger partial charge in [0.1, 0.15) is 0 Å². The van der Waals surface area contributed by atoms with Crippen molar-refractivity contribution in [3.05, 3.63) is 38.7 Å². The Morgan fingerprint density at radius 1 is 1.35 bits per heavy atom. The van der Waals surface area contributed by atoms with Crippen LogP contribution in [0.1, 0.15) is 19.4 Å². The van der Waals surface area contributed by atoms with E-state index in [9.17, 15) is 14.4 Å². The molecule has 1 rings (SSSR count). The molecule has 7 heteroatoms. The van der Waals surface area contributed by atoms with Crippen molar-refractivity contribution in [1.29, 1.82) is 0 Å². The van der Waals surface area contributed by atoms with Crippen LogP contribution in [0.4, 0.5) is 0 Å². The number of hydrogen-bond acceptors (Lipinski definition) is 4. The first-order chi connectivity index (χ1) is 10.8. The molecule has 0 radical (unpaired) electrons. The van der Waals surface area contributed by atoms with Crippen LogP contribution in [0.3, 0.4) is 0 Å². The summed E-state index contributed by atoms with van der Waals surface area (Å²) < 4.78 is 7.34. The first-order valence-corrected chi connectivity index (χ1v) is 7.50. The lowest BCUT2D eigenvalue weighted by molar-refractivity contribution is -0.127. The molecule has 23 heavy (non-hydrogen) atoms. The highest BCUT2D eigenvalue weighted by molar-refractivity contribution is 5.91. The van der Waals surface area contributed by atoms with E-state index in [1.54, 1.807) is 19.1 Å². The molecule has 1 aromatic heterocycles. The Kier molecular flexibility index (Phi) is 6.96. The lowest BCUT2D eigenvalue weighted by Gasteiger charge is -2.22. The number of amides is 1. The molecule has 128 valence electrons. The van der Waals surface area contributed by atoms with Crippen molar-refractivity contribution in [3.63, 3.8) is 0 Å². The quantitative estimate of drug-likeness (QED) is 0.673. The number of rotatable bonds is 7. The summed E-state index contributed by atoms with van der Waals surface area (Å²) in [6.45, 7) is 5.61. The number of methoxy groups -OCH3 is 1. The standard InChI is InChI=1S/C16H25N3O4/c1-12(2)10-19(8-9-23-5)14(20)7-6-13-11-17(3)16(22)18(4)15(13)21/h6-7,11-12H,8-10H2,1-5H3. The molecule has 0 fully saturated rings. The summed E-state index contributed by atoms with van der Waals surface area (Å²) in [6, 6.07) is 0. The Hall–Kier alpha value is -2.15. The predicted octanol–water partition coefficient (Wildman–Crippen LogP) is 0.228. The lowest BCUT2D eigenvalue weighted by Crippen LogP contribution is -2.38.